The molecule has 0 atom stereocenters. The van der Waals surface area contributed by atoms with E-state index in [1.54, 1.807) is 36.4 Å². The molecule has 1 aliphatic heterocycles. The van der Waals surface area contributed by atoms with E-state index < -0.39 is 22.0 Å². The minimum atomic E-state index is -4.17. The van der Waals surface area contributed by atoms with Gasteiger partial charge in [0.2, 0.25) is 5.91 Å². The maximum absolute atomic E-state index is 13.4. The van der Waals surface area contributed by atoms with E-state index in [4.69, 9.17) is 4.74 Å². The molecule has 0 spiro atoms. The first-order chi connectivity index (χ1) is 15.3. The average molecular weight is 452 g/mol. The molecule has 0 aromatic heterocycles. The summed E-state index contributed by atoms with van der Waals surface area (Å²) in [7, 11) is -2.68. The van der Waals surface area contributed by atoms with Gasteiger partial charge < -0.3 is 10.1 Å². The van der Waals surface area contributed by atoms with E-state index in [2.05, 4.69) is 5.32 Å². The van der Waals surface area contributed by atoms with E-state index >= 15 is 0 Å². The van der Waals surface area contributed by atoms with Crippen molar-refractivity contribution in [3.05, 3.63) is 78.4 Å². The highest BCUT2D eigenvalue weighted by molar-refractivity contribution is 7.94. The van der Waals surface area contributed by atoms with Gasteiger partial charge in [0.15, 0.2) is 0 Å². The molecule has 1 aliphatic rings. The van der Waals surface area contributed by atoms with E-state index in [0.29, 0.717) is 15.7 Å². The molecule has 9 heteroatoms. The number of nitrogens with one attached hydrogen (secondary N) is 1. The van der Waals surface area contributed by atoms with Crippen LogP contribution in [-0.2, 0) is 14.8 Å². The van der Waals surface area contributed by atoms with Crippen molar-refractivity contribution in [2.75, 3.05) is 28.2 Å². The van der Waals surface area contributed by atoms with Crippen LogP contribution in [0, 0.1) is 6.92 Å². The maximum Gasteiger partial charge on any atom is 0.343 e. The highest BCUT2D eigenvalue weighted by Gasteiger charge is 2.43. The summed E-state index contributed by atoms with van der Waals surface area (Å²) < 4.78 is 32.4. The van der Waals surface area contributed by atoms with Crippen LogP contribution >= 0.6 is 0 Å². The van der Waals surface area contributed by atoms with Gasteiger partial charge in [-0.3, -0.25) is 9.69 Å². The summed E-state index contributed by atoms with van der Waals surface area (Å²) in [6, 6.07) is 18.6. The zero-order chi connectivity index (χ0) is 22.9. The minimum absolute atomic E-state index is 0.0567. The molecule has 1 N–H and O–H groups in total. The number of hydrogen-bond acceptors (Lipinski definition) is 5. The molecule has 1 heterocycles. The Bertz CT molecular complexity index is 1290. The first kappa shape index (κ1) is 21.4. The van der Waals surface area contributed by atoms with E-state index in [9.17, 15) is 18.0 Å². The number of methoxy groups -OCH3 is 1. The van der Waals surface area contributed by atoms with Crippen LogP contribution < -0.4 is 19.3 Å². The van der Waals surface area contributed by atoms with Gasteiger partial charge in [-0.25, -0.2) is 13.2 Å². The van der Waals surface area contributed by atoms with E-state index in [0.717, 1.165) is 10.5 Å². The van der Waals surface area contributed by atoms with Crippen molar-refractivity contribution in [1.82, 2.24) is 0 Å². The second-order valence-corrected chi connectivity index (χ2v) is 8.98. The number of carbonyl (C=O) groups is 2. The van der Waals surface area contributed by atoms with Crippen LogP contribution in [-0.4, -0.2) is 34.0 Å². The molecule has 32 heavy (non-hydrogen) atoms. The third-order valence-electron chi connectivity index (χ3n) is 4.99. The standard InChI is InChI=1S/C23H21N3O5S/c1-16-6-5-7-17(14-16)24-22(27)15-25-20-8-3-4-9-21(20)32(29,30)26(23(25)28)18-10-12-19(31-2)13-11-18/h3-14H,15H2,1-2H3,(H,24,27). The highest BCUT2D eigenvalue weighted by atomic mass is 32.2. The number of rotatable bonds is 5. The number of carbonyl (C=O) groups excluding carboxylic acids is 2. The Kier molecular flexibility index (Phi) is 5.58. The summed E-state index contributed by atoms with van der Waals surface area (Å²) in [5.41, 5.74) is 1.86. The third kappa shape index (κ3) is 3.90. The first-order valence-electron chi connectivity index (χ1n) is 9.77. The lowest BCUT2D eigenvalue weighted by Gasteiger charge is -2.35. The van der Waals surface area contributed by atoms with Crippen molar-refractivity contribution in [3.63, 3.8) is 0 Å². The predicted octanol–water partition coefficient (Wildman–Crippen LogP) is 3.78. The monoisotopic (exact) mass is 451 g/mol. The third-order valence-corrected chi connectivity index (χ3v) is 6.74. The summed E-state index contributed by atoms with van der Waals surface area (Å²) in [5.74, 6) is 0.0677. The van der Waals surface area contributed by atoms with Crippen LogP contribution in [0.5, 0.6) is 5.75 Å². The molecule has 164 valence electrons. The van der Waals surface area contributed by atoms with Crippen LogP contribution in [0.15, 0.2) is 77.7 Å². The normalized spacial score (nSPS) is 14.6. The number of nitrogens with zero attached hydrogens (tertiary/aromatic N) is 2. The molecule has 0 saturated heterocycles. The number of ether oxygens (including phenoxy) is 1. The molecular weight excluding hydrogens is 430 g/mol. The van der Waals surface area contributed by atoms with Crippen molar-refractivity contribution < 1.29 is 22.7 Å². The smallest absolute Gasteiger partial charge is 0.343 e. The Balaban J connectivity index is 1.71. The quantitative estimate of drug-likeness (QED) is 0.637. The van der Waals surface area contributed by atoms with Crippen molar-refractivity contribution in [2.45, 2.75) is 11.8 Å². The topological polar surface area (TPSA) is 96.0 Å². The van der Waals surface area contributed by atoms with Crippen molar-refractivity contribution in [1.29, 1.82) is 0 Å². The summed E-state index contributed by atoms with van der Waals surface area (Å²) in [5, 5.41) is 2.75. The molecule has 0 fully saturated rings. The molecule has 0 bridgehead atoms. The molecule has 3 aromatic carbocycles. The lowest BCUT2D eigenvalue weighted by atomic mass is 10.2. The Morgan fingerprint density at radius 3 is 2.41 bits per heavy atom. The van der Waals surface area contributed by atoms with Crippen LogP contribution in [0.3, 0.4) is 0 Å². The van der Waals surface area contributed by atoms with E-state index in [-0.39, 0.29) is 22.8 Å². The molecule has 0 saturated carbocycles. The highest BCUT2D eigenvalue weighted by Crippen LogP contribution is 2.37. The Hall–Kier alpha value is -3.85. The van der Waals surface area contributed by atoms with Crippen molar-refractivity contribution in [2.24, 2.45) is 0 Å². The van der Waals surface area contributed by atoms with E-state index in [1.165, 1.54) is 31.4 Å². The number of amides is 3. The lowest BCUT2D eigenvalue weighted by molar-refractivity contribution is -0.114. The van der Waals surface area contributed by atoms with Crippen LogP contribution in [0.1, 0.15) is 5.56 Å². The van der Waals surface area contributed by atoms with Gasteiger partial charge in [-0.2, -0.15) is 4.31 Å². The fraction of sp³-hybridized carbons (Fsp3) is 0.130. The molecule has 3 aromatic rings. The van der Waals surface area contributed by atoms with Gasteiger partial charge in [0.05, 0.1) is 18.5 Å². The fourth-order valence-corrected chi connectivity index (χ4v) is 5.09. The minimum Gasteiger partial charge on any atom is -0.497 e. The number of anilines is 3. The molecule has 3 amide bonds. The number of benzene rings is 3. The number of hydrogen-bond donors (Lipinski definition) is 1. The second kappa shape index (κ2) is 8.35. The predicted molar refractivity (Wildman–Crippen MR) is 122 cm³/mol. The maximum atomic E-state index is 13.4. The molecule has 8 nitrogen and oxygen atoms in total. The van der Waals surface area contributed by atoms with Gasteiger partial charge in [-0.15, -0.1) is 0 Å². The number of fused-ring (bicyclic) bond motifs is 1. The number of urea groups is 1. The summed E-state index contributed by atoms with van der Waals surface area (Å²) in [6.45, 7) is 1.55. The molecular formula is C23H21N3O5S. The van der Waals surface area contributed by atoms with Gasteiger partial charge in [0, 0.05) is 5.69 Å². The lowest BCUT2D eigenvalue weighted by Crippen LogP contribution is -2.53. The zero-order valence-corrected chi connectivity index (χ0v) is 18.3. The van der Waals surface area contributed by atoms with Gasteiger partial charge in [-0.1, -0.05) is 24.3 Å². The van der Waals surface area contributed by atoms with Crippen LogP contribution in [0.4, 0.5) is 21.9 Å². The number of aryl methyl sites for hydroxylation is 1. The van der Waals surface area contributed by atoms with Crippen molar-refractivity contribution >= 4 is 39.0 Å². The molecule has 4 rings (SSSR count). The van der Waals surface area contributed by atoms with E-state index in [1.807, 2.05) is 19.1 Å². The summed E-state index contributed by atoms with van der Waals surface area (Å²) >= 11 is 0. The van der Waals surface area contributed by atoms with Crippen LogP contribution in [0.25, 0.3) is 0 Å². The van der Waals surface area contributed by atoms with Crippen LogP contribution in [0.2, 0.25) is 0 Å². The number of para-hydroxylation sites is 1. The van der Waals surface area contributed by atoms with Gasteiger partial charge in [0.1, 0.15) is 17.2 Å². The first-order valence-corrected chi connectivity index (χ1v) is 11.2. The Morgan fingerprint density at radius 2 is 1.72 bits per heavy atom. The SMILES string of the molecule is COc1ccc(N2C(=O)N(CC(=O)Nc3cccc(C)c3)c3ccccc3S2(=O)=O)cc1. The largest absolute Gasteiger partial charge is 0.497 e. The Labute approximate surface area is 186 Å². The Morgan fingerprint density at radius 1 is 1.00 bits per heavy atom. The number of sulfonamides is 1. The second-order valence-electron chi connectivity index (χ2n) is 7.22. The van der Waals surface area contributed by atoms with Gasteiger partial charge in [-0.05, 0) is 61.0 Å². The molecule has 0 radical (unpaired) electrons. The summed E-state index contributed by atoms with van der Waals surface area (Å²) in [4.78, 5) is 27.2. The average Bonchev–Trinajstić information content (AvgIpc) is 2.77. The van der Waals surface area contributed by atoms with Gasteiger partial charge >= 0.3 is 6.03 Å². The zero-order valence-electron chi connectivity index (χ0n) is 17.5. The molecule has 0 aliphatic carbocycles. The fourth-order valence-electron chi connectivity index (χ4n) is 3.50. The summed E-state index contributed by atoms with van der Waals surface area (Å²) in [6.07, 6.45) is 0. The molecule has 0 unspecified atom stereocenters. The van der Waals surface area contributed by atoms with Gasteiger partial charge in [0.25, 0.3) is 10.0 Å². The van der Waals surface area contributed by atoms with Crippen molar-refractivity contribution in [3.8, 4) is 5.75 Å².